The third kappa shape index (κ3) is 6.23. The molecule has 0 spiro atoms. The zero-order valence-electron chi connectivity index (χ0n) is 18.6. The highest BCUT2D eigenvalue weighted by Crippen LogP contribution is 2.25. The summed E-state index contributed by atoms with van der Waals surface area (Å²) in [5.74, 6) is 0.325. The lowest BCUT2D eigenvalue weighted by atomic mass is 9.89. The van der Waals surface area contributed by atoms with Gasteiger partial charge in [-0.1, -0.05) is 25.1 Å². The van der Waals surface area contributed by atoms with Gasteiger partial charge in [-0.2, -0.15) is 0 Å². The number of rotatable bonds is 9. The topological polar surface area (TPSA) is 75.7 Å². The maximum atomic E-state index is 12.7. The van der Waals surface area contributed by atoms with Crippen LogP contribution in [0.4, 0.5) is 5.69 Å². The number of benzene rings is 2. The summed E-state index contributed by atoms with van der Waals surface area (Å²) in [7, 11) is -3.62. The summed E-state index contributed by atoms with van der Waals surface area (Å²) in [6, 6.07) is 12.9. The summed E-state index contributed by atoms with van der Waals surface area (Å²) in [4.78, 5) is 12.7. The minimum absolute atomic E-state index is 0.203. The fourth-order valence-electron chi connectivity index (χ4n) is 3.85. The summed E-state index contributed by atoms with van der Waals surface area (Å²) >= 11 is 0. The highest BCUT2D eigenvalue weighted by atomic mass is 32.2. The van der Waals surface area contributed by atoms with Gasteiger partial charge in [0.25, 0.3) is 0 Å². The van der Waals surface area contributed by atoms with Gasteiger partial charge < -0.3 is 10.1 Å². The molecule has 0 unspecified atom stereocenters. The van der Waals surface area contributed by atoms with Crippen LogP contribution in [0, 0.1) is 0 Å². The molecule has 3 rings (SSSR count). The Morgan fingerprint density at radius 3 is 2.42 bits per heavy atom. The largest absolute Gasteiger partial charge is 0.494 e. The van der Waals surface area contributed by atoms with E-state index < -0.39 is 10.0 Å². The maximum absolute atomic E-state index is 12.7. The first-order chi connectivity index (χ1) is 14.8. The average molecular weight is 445 g/mol. The molecule has 1 aliphatic rings. The van der Waals surface area contributed by atoms with E-state index >= 15 is 0 Å². The Bertz CT molecular complexity index is 1000. The van der Waals surface area contributed by atoms with Gasteiger partial charge in [0, 0.05) is 0 Å². The van der Waals surface area contributed by atoms with Crippen molar-refractivity contribution < 1.29 is 17.9 Å². The first-order valence-electron chi connectivity index (χ1n) is 10.9. The number of sulfonamides is 1. The van der Waals surface area contributed by atoms with Crippen molar-refractivity contribution in [1.29, 1.82) is 0 Å². The lowest BCUT2D eigenvalue weighted by Crippen LogP contribution is -2.41. The minimum atomic E-state index is -3.62. The van der Waals surface area contributed by atoms with E-state index in [9.17, 15) is 13.2 Å². The number of amides is 1. The Morgan fingerprint density at radius 1 is 1.10 bits per heavy atom. The number of hydrogen-bond acceptors (Lipinski definition) is 4. The molecule has 31 heavy (non-hydrogen) atoms. The molecule has 0 aromatic heterocycles. The molecule has 1 N–H and O–H groups in total. The van der Waals surface area contributed by atoms with E-state index in [-0.39, 0.29) is 18.5 Å². The van der Waals surface area contributed by atoms with Crippen molar-refractivity contribution in [3.8, 4) is 5.75 Å². The molecule has 0 radical (unpaired) electrons. The zero-order chi connectivity index (χ0) is 22.4. The molecule has 0 aliphatic heterocycles. The predicted molar refractivity (Wildman–Crippen MR) is 124 cm³/mol. The van der Waals surface area contributed by atoms with Crippen LogP contribution >= 0.6 is 0 Å². The van der Waals surface area contributed by atoms with Crippen LogP contribution in [0.3, 0.4) is 0 Å². The molecule has 1 atom stereocenters. The second-order valence-corrected chi connectivity index (χ2v) is 10.0. The monoisotopic (exact) mass is 444 g/mol. The van der Waals surface area contributed by atoms with Gasteiger partial charge in [0.2, 0.25) is 15.9 Å². The highest BCUT2D eigenvalue weighted by molar-refractivity contribution is 7.92. The fraction of sp³-hybridized carbons (Fsp3) is 0.458. The molecule has 0 saturated heterocycles. The molecule has 1 aliphatic carbocycles. The van der Waals surface area contributed by atoms with E-state index in [1.165, 1.54) is 24.0 Å². The van der Waals surface area contributed by atoms with E-state index in [1.807, 2.05) is 13.8 Å². The second-order valence-electron chi connectivity index (χ2n) is 8.14. The van der Waals surface area contributed by atoms with Crippen LogP contribution in [0.25, 0.3) is 0 Å². The van der Waals surface area contributed by atoms with Crippen LogP contribution in [0.2, 0.25) is 0 Å². The molecule has 0 heterocycles. The lowest BCUT2D eigenvalue weighted by Gasteiger charge is -2.24. The molecule has 2 aromatic carbocycles. The second kappa shape index (κ2) is 10.2. The minimum Gasteiger partial charge on any atom is -0.494 e. The highest BCUT2D eigenvalue weighted by Gasteiger charge is 2.22. The van der Waals surface area contributed by atoms with Gasteiger partial charge in [0.1, 0.15) is 12.3 Å². The number of nitrogens with one attached hydrogen (secondary N) is 1. The number of fused-ring (bicyclic) bond motifs is 1. The molecular formula is C24H32N2O4S. The van der Waals surface area contributed by atoms with Crippen LogP contribution in [0.1, 0.15) is 55.8 Å². The number of aryl methyl sites for hydroxylation is 2. The van der Waals surface area contributed by atoms with E-state index in [4.69, 9.17) is 4.74 Å². The van der Waals surface area contributed by atoms with Gasteiger partial charge in [0.05, 0.1) is 24.6 Å². The molecule has 0 saturated carbocycles. The van der Waals surface area contributed by atoms with Crippen molar-refractivity contribution in [3.63, 3.8) is 0 Å². The Balaban J connectivity index is 1.68. The number of carbonyl (C=O) groups excluding carboxylic acids is 1. The number of hydrogen-bond donors (Lipinski definition) is 1. The van der Waals surface area contributed by atoms with E-state index in [2.05, 4.69) is 23.5 Å². The summed E-state index contributed by atoms with van der Waals surface area (Å²) in [6.45, 7) is 4.26. The maximum Gasteiger partial charge on any atom is 0.241 e. The first kappa shape index (κ1) is 23.1. The van der Waals surface area contributed by atoms with Gasteiger partial charge >= 0.3 is 0 Å². The number of nitrogens with zero attached hydrogens (tertiary/aromatic N) is 1. The molecule has 168 valence electrons. The van der Waals surface area contributed by atoms with Gasteiger partial charge in [0.15, 0.2) is 0 Å². The quantitative estimate of drug-likeness (QED) is 0.634. The number of ether oxygens (including phenoxy) is 1. The van der Waals surface area contributed by atoms with Gasteiger partial charge in [-0.25, -0.2) is 8.42 Å². The Morgan fingerprint density at radius 2 is 1.77 bits per heavy atom. The number of carbonyl (C=O) groups is 1. The van der Waals surface area contributed by atoms with E-state index in [1.54, 1.807) is 24.3 Å². The van der Waals surface area contributed by atoms with Gasteiger partial charge in [-0.05, 0) is 80.0 Å². The van der Waals surface area contributed by atoms with Crippen molar-refractivity contribution in [1.82, 2.24) is 5.32 Å². The molecule has 0 fully saturated rings. The first-order valence-corrected chi connectivity index (χ1v) is 12.7. The Labute approximate surface area is 185 Å². The summed E-state index contributed by atoms with van der Waals surface area (Å²) in [6.07, 6.45) is 6.61. The molecule has 6 nitrogen and oxygen atoms in total. The van der Waals surface area contributed by atoms with Crippen molar-refractivity contribution in [2.45, 2.75) is 52.0 Å². The van der Waals surface area contributed by atoms with E-state index in [0.29, 0.717) is 18.0 Å². The van der Waals surface area contributed by atoms with E-state index in [0.717, 1.165) is 35.4 Å². The van der Waals surface area contributed by atoms with Crippen LogP contribution < -0.4 is 14.4 Å². The molecular weight excluding hydrogens is 412 g/mol. The average Bonchev–Trinajstić information content (AvgIpc) is 2.75. The lowest BCUT2D eigenvalue weighted by molar-refractivity contribution is -0.120. The van der Waals surface area contributed by atoms with Gasteiger partial charge in [-0.3, -0.25) is 9.10 Å². The molecule has 1 amide bonds. The van der Waals surface area contributed by atoms with Crippen molar-refractivity contribution in [2.24, 2.45) is 0 Å². The Hall–Kier alpha value is -2.54. The number of anilines is 1. The van der Waals surface area contributed by atoms with Crippen LogP contribution in [0.5, 0.6) is 5.75 Å². The SMILES string of the molecule is CCCOc1ccc(N(CC(=O)N[C@H](C)c2ccc3c(c2)CCCC3)S(C)(=O)=O)cc1. The zero-order valence-corrected chi connectivity index (χ0v) is 19.4. The Kier molecular flexibility index (Phi) is 7.59. The van der Waals surface area contributed by atoms with Crippen molar-refractivity contribution in [2.75, 3.05) is 23.7 Å². The smallest absolute Gasteiger partial charge is 0.241 e. The van der Waals surface area contributed by atoms with Crippen LogP contribution in [-0.2, 0) is 27.7 Å². The van der Waals surface area contributed by atoms with Crippen molar-refractivity contribution >= 4 is 21.6 Å². The molecule has 0 bridgehead atoms. The third-order valence-electron chi connectivity index (χ3n) is 5.54. The fourth-order valence-corrected chi connectivity index (χ4v) is 4.71. The third-order valence-corrected chi connectivity index (χ3v) is 6.68. The van der Waals surface area contributed by atoms with Crippen LogP contribution in [-0.4, -0.2) is 33.7 Å². The summed E-state index contributed by atoms with van der Waals surface area (Å²) < 4.78 is 31.4. The van der Waals surface area contributed by atoms with Crippen LogP contribution in [0.15, 0.2) is 42.5 Å². The standard InChI is InChI=1S/C24H32N2O4S/c1-4-15-30-23-13-11-22(12-14-23)26(31(3,28)29)17-24(27)25-18(2)20-10-9-19-7-5-6-8-21(19)16-20/h9-14,16,18H,4-8,15,17H2,1-3H3,(H,25,27)/t18-/m1/s1. The van der Waals surface area contributed by atoms with Gasteiger partial charge in [-0.15, -0.1) is 0 Å². The normalized spacial score (nSPS) is 14.4. The van der Waals surface area contributed by atoms with Crippen molar-refractivity contribution in [3.05, 3.63) is 59.2 Å². The molecule has 2 aromatic rings. The summed E-state index contributed by atoms with van der Waals surface area (Å²) in [5.41, 5.74) is 4.22. The molecule has 7 heteroatoms. The predicted octanol–water partition coefficient (Wildman–Crippen LogP) is 4.00. The summed E-state index contributed by atoms with van der Waals surface area (Å²) in [5, 5.41) is 2.94.